The third-order valence-electron chi connectivity index (χ3n) is 0.425. The van der Waals surface area contributed by atoms with Crippen molar-refractivity contribution in [2.75, 3.05) is 0 Å². The zero-order chi connectivity index (χ0) is 3.54. The van der Waals surface area contributed by atoms with Gasteiger partial charge in [-0.05, 0) is 10.8 Å². The van der Waals surface area contributed by atoms with E-state index in [9.17, 15) is 0 Å². The summed E-state index contributed by atoms with van der Waals surface area (Å²) in [5.74, 6) is 0. The molecule has 0 aliphatic heterocycles. The molecule has 0 spiro atoms. The Hall–Kier alpha value is -0.170. The van der Waals surface area contributed by atoms with Crippen molar-refractivity contribution in [3.63, 3.8) is 0 Å². The molecule has 6 radical (unpaired) electrons. The van der Waals surface area contributed by atoms with Crippen LogP contribution in [0.2, 0.25) is 0 Å². The second kappa shape index (κ2) is 5.83. The molecule has 0 atom stereocenters. The summed E-state index contributed by atoms with van der Waals surface area (Å²) in [4.78, 5) is 0. The monoisotopic (exact) mass is 106 g/mol. The topological polar surface area (TPSA) is 0 Å². The van der Waals surface area contributed by atoms with Crippen molar-refractivity contribution in [3.8, 4) is 0 Å². The summed E-state index contributed by atoms with van der Waals surface area (Å²) in [5, 5.41) is 4.08. The van der Waals surface area contributed by atoms with Crippen LogP contribution in [-0.4, -0.2) is 16.8 Å². The lowest BCUT2D eigenvalue weighted by molar-refractivity contribution is 2.03. The van der Waals surface area contributed by atoms with Crippen LogP contribution < -0.4 is 0 Å². The number of hydrogen-bond acceptors (Lipinski definition) is 1. The van der Waals surface area contributed by atoms with Gasteiger partial charge in [0.25, 0.3) is 0 Å². The molecule has 0 nitrogen and oxygen atoms in total. The number of rotatable bonds is 0. The van der Waals surface area contributed by atoms with Gasteiger partial charge in [0, 0.05) is 16.8 Å². The average molecular weight is 106 g/mol. The minimum absolute atomic E-state index is 0. The molecule has 0 bridgehead atoms. The fourth-order valence-corrected chi connectivity index (χ4v) is 0.680. The first-order valence-electron chi connectivity index (χ1n) is 1.47. The molecule has 7 heavy (non-hydrogen) atoms. The highest BCUT2D eigenvalue weighted by molar-refractivity contribution is 7.07. The summed E-state index contributed by atoms with van der Waals surface area (Å²) >= 11 is 1.71. The van der Waals surface area contributed by atoms with E-state index in [-0.39, 0.29) is 16.8 Å². The molecular weight excluding hydrogens is 102 g/mol. The van der Waals surface area contributed by atoms with Crippen LogP contribution in [0.1, 0.15) is 0 Å². The molecule has 0 aliphatic rings. The van der Waals surface area contributed by atoms with E-state index in [2.05, 4.69) is 0 Å². The molecule has 0 saturated carbocycles. The van der Waals surface area contributed by atoms with Crippen LogP contribution in [0.5, 0.6) is 0 Å². The molecule has 1 aromatic rings. The molecule has 0 aliphatic carbocycles. The van der Waals surface area contributed by atoms with E-state index >= 15 is 0 Å². The van der Waals surface area contributed by atoms with Crippen LogP contribution in [0.4, 0.5) is 0 Å². The summed E-state index contributed by atoms with van der Waals surface area (Å²) in [5.41, 5.74) is 0. The van der Waals surface area contributed by atoms with Gasteiger partial charge in [-0.1, -0.05) is 12.1 Å². The van der Waals surface area contributed by atoms with Gasteiger partial charge >= 0.3 is 0 Å². The number of hydrogen-bond donors (Lipinski definition) is 0. The standard InChI is InChI=1S/C4H4S.2B/c1-2-4-5-3-1;;/h1-4H;;. The Morgan fingerprint density at radius 3 is 1.43 bits per heavy atom. The van der Waals surface area contributed by atoms with Crippen LogP contribution in [-0.2, 0) is 0 Å². The van der Waals surface area contributed by atoms with Gasteiger partial charge < -0.3 is 0 Å². The van der Waals surface area contributed by atoms with Crippen molar-refractivity contribution in [1.29, 1.82) is 0 Å². The van der Waals surface area contributed by atoms with Crippen LogP contribution in [0.3, 0.4) is 0 Å². The molecule has 32 valence electrons. The maximum absolute atomic E-state index is 2.04. The van der Waals surface area contributed by atoms with Crippen LogP contribution in [0.25, 0.3) is 0 Å². The Bertz CT molecular complexity index is 66.2. The fraction of sp³-hybridized carbons (Fsp3) is 0. The molecule has 0 saturated heterocycles. The van der Waals surface area contributed by atoms with Gasteiger partial charge in [0.1, 0.15) is 0 Å². The maximum atomic E-state index is 2.04. The van der Waals surface area contributed by atoms with Crippen molar-refractivity contribution in [2.24, 2.45) is 0 Å². The van der Waals surface area contributed by atoms with E-state index < -0.39 is 0 Å². The lowest BCUT2D eigenvalue weighted by Crippen LogP contribution is -1.16. The largest absolute Gasteiger partial charge is 0.152 e. The number of thiophene rings is 1. The molecular formula is C4H4B2S. The van der Waals surface area contributed by atoms with Crippen molar-refractivity contribution >= 4 is 28.2 Å². The van der Waals surface area contributed by atoms with E-state index in [1.807, 2.05) is 22.9 Å². The Morgan fingerprint density at radius 2 is 1.29 bits per heavy atom. The van der Waals surface area contributed by atoms with Crippen molar-refractivity contribution in [1.82, 2.24) is 0 Å². The Balaban J connectivity index is 0. The second-order valence-electron chi connectivity index (χ2n) is 0.793. The molecule has 0 N–H and O–H groups in total. The highest BCUT2D eigenvalue weighted by Crippen LogP contribution is 1.91. The molecule has 1 rings (SSSR count). The Labute approximate surface area is 51.7 Å². The van der Waals surface area contributed by atoms with Crippen LogP contribution >= 0.6 is 11.3 Å². The summed E-state index contributed by atoms with van der Waals surface area (Å²) in [6.07, 6.45) is 0. The predicted molar refractivity (Wildman–Crippen MR) is 35.8 cm³/mol. The lowest BCUT2D eigenvalue weighted by Gasteiger charge is -1.39. The third kappa shape index (κ3) is 3.67. The second-order valence-corrected chi connectivity index (χ2v) is 1.61. The Morgan fingerprint density at radius 1 is 0.857 bits per heavy atom. The highest BCUT2D eigenvalue weighted by atomic mass is 32.1. The van der Waals surface area contributed by atoms with E-state index in [4.69, 9.17) is 0 Å². The quantitative estimate of drug-likeness (QED) is 0.432. The smallest absolute Gasteiger partial charge is 0 e. The summed E-state index contributed by atoms with van der Waals surface area (Å²) in [6.45, 7) is 0. The zero-order valence-electron chi connectivity index (χ0n) is 3.87. The van der Waals surface area contributed by atoms with E-state index in [0.29, 0.717) is 0 Å². The normalized spacial score (nSPS) is 5.71. The molecule has 1 heterocycles. The average Bonchev–Trinajstić information content (AvgIpc) is 1.76. The van der Waals surface area contributed by atoms with Gasteiger partial charge in [-0.25, -0.2) is 0 Å². The lowest BCUT2D eigenvalue weighted by atomic mass is 10.7. The zero-order valence-corrected chi connectivity index (χ0v) is 4.69. The first-order chi connectivity index (χ1) is 2.50. The molecule has 0 fully saturated rings. The molecule has 3 heteroatoms. The summed E-state index contributed by atoms with van der Waals surface area (Å²) in [6, 6.07) is 4.04. The first-order valence-corrected chi connectivity index (χ1v) is 2.41. The summed E-state index contributed by atoms with van der Waals surface area (Å²) < 4.78 is 0. The third-order valence-corrected chi connectivity index (χ3v) is 1.05. The van der Waals surface area contributed by atoms with Gasteiger partial charge in [-0.3, -0.25) is 0 Å². The Kier molecular flexibility index (Phi) is 8.29. The van der Waals surface area contributed by atoms with Gasteiger partial charge in [-0.2, -0.15) is 11.3 Å². The SMILES string of the molecule is [B].[B].c1ccsc1. The van der Waals surface area contributed by atoms with Crippen LogP contribution in [0, 0.1) is 0 Å². The molecule has 1 aromatic heterocycles. The van der Waals surface area contributed by atoms with Crippen LogP contribution in [0.15, 0.2) is 22.9 Å². The maximum Gasteiger partial charge on any atom is 0 e. The minimum Gasteiger partial charge on any atom is -0.152 e. The van der Waals surface area contributed by atoms with Crippen molar-refractivity contribution in [3.05, 3.63) is 22.9 Å². The van der Waals surface area contributed by atoms with Crippen molar-refractivity contribution < 1.29 is 0 Å². The fourth-order valence-electron chi connectivity index (χ4n) is 0.227. The predicted octanol–water partition coefficient (Wildman–Crippen LogP) is 0.987. The van der Waals surface area contributed by atoms with Gasteiger partial charge in [0.2, 0.25) is 0 Å². The van der Waals surface area contributed by atoms with Crippen molar-refractivity contribution in [2.45, 2.75) is 0 Å². The highest BCUT2D eigenvalue weighted by Gasteiger charge is 1.58. The van der Waals surface area contributed by atoms with E-state index in [0.717, 1.165) is 0 Å². The van der Waals surface area contributed by atoms with Gasteiger partial charge in [0.05, 0.1) is 0 Å². The summed E-state index contributed by atoms with van der Waals surface area (Å²) in [7, 11) is 0. The minimum atomic E-state index is 0. The molecule has 0 unspecified atom stereocenters. The van der Waals surface area contributed by atoms with E-state index in [1.165, 1.54) is 0 Å². The molecule has 0 amide bonds. The van der Waals surface area contributed by atoms with Gasteiger partial charge in [0.15, 0.2) is 0 Å². The van der Waals surface area contributed by atoms with E-state index in [1.54, 1.807) is 11.3 Å². The first kappa shape index (κ1) is 9.95. The van der Waals surface area contributed by atoms with Gasteiger partial charge in [-0.15, -0.1) is 0 Å². The molecule has 0 aromatic carbocycles.